The molecule has 1 aromatic heterocycles. The first-order valence-electron chi connectivity index (χ1n) is 7.79. The summed E-state index contributed by atoms with van der Waals surface area (Å²) in [7, 11) is 1.53. The fourth-order valence-electron chi connectivity index (χ4n) is 3.05. The summed E-state index contributed by atoms with van der Waals surface area (Å²) in [6.07, 6.45) is 0.0817. The number of aromatic amines is 1. The number of carbonyl (C=O) groups excluding carboxylic acids is 1. The third kappa shape index (κ3) is 3.39. The van der Waals surface area contributed by atoms with Gasteiger partial charge in [-0.2, -0.15) is 5.10 Å². The number of ether oxygens (including phenoxy) is 1. The van der Waals surface area contributed by atoms with Crippen molar-refractivity contribution in [2.45, 2.75) is 19.4 Å². The number of H-pyrrole nitrogens is 1. The average Bonchev–Trinajstić information content (AvgIpc) is 3.13. The molecule has 6 nitrogen and oxygen atoms in total. The minimum atomic E-state index is -0.556. The molecule has 2 aromatic rings. The molecule has 0 radical (unpaired) electrons. The molecule has 1 aliphatic heterocycles. The zero-order chi connectivity index (χ0) is 17.3. The van der Waals surface area contributed by atoms with E-state index in [9.17, 15) is 9.90 Å². The number of β-amino-alcohol motifs (C(OH)–C–C–N with tert-alkyl or cyclic N) is 1. The summed E-state index contributed by atoms with van der Waals surface area (Å²) < 4.78 is 5.10. The number of aromatic nitrogens is 2. The Hall–Kier alpha value is -2.05. The van der Waals surface area contributed by atoms with Gasteiger partial charge in [0.05, 0.1) is 23.9 Å². The molecule has 24 heavy (non-hydrogen) atoms. The molecule has 1 aromatic carbocycles. The third-order valence-corrected chi connectivity index (χ3v) is 4.62. The summed E-state index contributed by atoms with van der Waals surface area (Å²) in [5, 5.41) is 17.8. The van der Waals surface area contributed by atoms with Crippen LogP contribution in [0.15, 0.2) is 24.3 Å². The number of carbonyl (C=O) groups is 1. The van der Waals surface area contributed by atoms with E-state index >= 15 is 0 Å². The van der Waals surface area contributed by atoms with Gasteiger partial charge in [-0.3, -0.25) is 9.89 Å². The van der Waals surface area contributed by atoms with Gasteiger partial charge in [0, 0.05) is 30.3 Å². The Morgan fingerprint density at radius 1 is 1.46 bits per heavy atom. The fourth-order valence-corrected chi connectivity index (χ4v) is 3.31. The van der Waals surface area contributed by atoms with E-state index in [0.717, 1.165) is 11.4 Å². The molecule has 7 heteroatoms. The first-order chi connectivity index (χ1) is 11.5. The van der Waals surface area contributed by atoms with Crippen LogP contribution >= 0.6 is 11.6 Å². The van der Waals surface area contributed by atoms with Crippen LogP contribution in [0, 0.1) is 12.8 Å². The van der Waals surface area contributed by atoms with Gasteiger partial charge in [0.1, 0.15) is 5.75 Å². The van der Waals surface area contributed by atoms with Gasteiger partial charge < -0.3 is 14.7 Å². The Kier molecular flexibility index (Phi) is 4.78. The van der Waals surface area contributed by atoms with E-state index in [1.165, 1.54) is 7.11 Å². The summed E-state index contributed by atoms with van der Waals surface area (Å²) >= 11 is 6.09. The number of nitrogens with zero attached hydrogens (tertiary/aromatic N) is 2. The van der Waals surface area contributed by atoms with E-state index in [1.807, 2.05) is 13.0 Å². The van der Waals surface area contributed by atoms with Gasteiger partial charge in [-0.15, -0.1) is 0 Å². The molecule has 0 saturated carbocycles. The molecule has 2 N–H and O–H groups in total. The monoisotopic (exact) mass is 349 g/mol. The Morgan fingerprint density at radius 3 is 2.88 bits per heavy atom. The van der Waals surface area contributed by atoms with Crippen molar-refractivity contribution in [1.29, 1.82) is 0 Å². The van der Waals surface area contributed by atoms with E-state index in [1.54, 1.807) is 23.1 Å². The number of likely N-dealkylation sites (tertiary alicyclic amines) is 1. The predicted octanol–water partition coefficient (Wildman–Crippen LogP) is 2.06. The molecular weight excluding hydrogens is 330 g/mol. The summed E-state index contributed by atoms with van der Waals surface area (Å²) in [6, 6.07) is 6.91. The molecule has 0 unspecified atom stereocenters. The SMILES string of the molecule is COc1ccc(C(=O)N2C[C@@H](Cc3cc(C)[nH]n3)[C@H](O)C2)cc1Cl. The maximum Gasteiger partial charge on any atom is 0.254 e. The van der Waals surface area contributed by atoms with Crippen LogP contribution < -0.4 is 4.74 Å². The number of hydrogen-bond acceptors (Lipinski definition) is 4. The Balaban J connectivity index is 1.69. The molecule has 128 valence electrons. The van der Waals surface area contributed by atoms with Gasteiger partial charge in [0.25, 0.3) is 5.91 Å². The van der Waals surface area contributed by atoms with Gasteiger partial charge in [0.2, 0.25) is 0 Å². The van der Waals surface area contributed by atoms with Crippen molar-refractivity contribution in [2.24, 2.45) is 5.92 Å². The van der Waals surface area contributed by atoms with Gasteiger partial charge >= 0.3 is 0 Å². The molecule has 1 amide bonds. The fraction of sp³-hybridized carbons (Fsp3) is 0.412. The second kappa shape index (κ2) is 6.83. The van der Waals surface area contributed by atoms with Crippen LogP contribution in [0.2, 0.25) is 5.02 Å². The molecule has 1 fully saturated rings. The molecule has 1 aliphatic rings. The number of aryl methyl sites for hydroxylation is 1. The number of halogens is 1. The van der Waals surface area contributed by atoms with Crippen LogP contribution in [-0.2, 0) is 6.42 Å². The lowest BCUT2D eigenvalue weighted by Gasteiger charge is -2.16. The summed E-state index contributed by atoms with van der Waals surface area (Å²) in [4.78, 5) is 14.3. The first kappa shape index (κ1) is 16.8. The van der Waals surface area contributed by atoms with Crippen LogP contribution in [0.25, 0.3) is 0 Å². The highest BCUT2D eigenvalue weighted by Crippen LogP contribution is 2.27. The van der Waals surface area contributed by atoms with Crippen LogP contribution in [0.3, 0.4) is 0 Å². The predicted molar refractivity (Wildman–Crippen MR) is 90.4 cm³/mol. The van der Waals surface area contributed by atoms with Crippen molar-refractivity contribution < 1.29 is 14.6 Å². The number of nitrogens with one attached hydrogen (secondary N) is 1. The highest BCUT2D eigenvalue weighted by Gasteiger charge is 2.34. The van der Waals surface area contributed by atoms with E-state index in [4.69, 9.17) is 16.3 Å². The second-order valence-corrected chi connectivity index (χ2v) is 6.54. The minimum absolute atomic E-state index is 0.0228. The molecule has 3 rings (SSSR count). The largest absolute Gasteiger partial charge is 0.495 e. The van der Waals surface area contributed by atoms with Crippen molar-refractivity contribution in [3.05, 3.63) is 46.2 Å². The number of benzene rings is 1. The zero-order valence-electron chi connectivity index (χ0n) is 13.6. The van der Waals surface area contributed by atoms with Gasteiger partial charge in [-0.05, 0) is 37.6 Å². The van der Waals surface area contributed by atoms with Crippen LogP contribution in [0.1, 0.15) is 21.7 Å². The highest BCUT2D eigenvalue weighted by molar-refractivity contribution is 6.32. The Bertz CT molecular complexity index is 746. The van der Waals surface area contributed by atoms with Crippen molar-refractivity contribution in [3.8, 4) is 5.75 Å². The van der Waals surface area contributed by atoms with Gasteiger partial charge in [0.15, 0.2) is 0 Å². The number of hydrogen-bond donors (Lipinski definition) is 2. The summed E-state index contributed by atoms with van der Waals surface area (Å²) in [6.45, 7) is 2.75. The van der Waals surface area contributed by atoms with Crippen molar-refractivity contribution >= 4 is 17.5 Å². The minimum Gasteiger partial charge on any atom is -0.495 e. The normalized spacial score (nSPS) is 20.4. The number of aliphatic hydroxyl groups excluding tert-OH is 1. The lowest BCUT2D eigenvalue weighted by Crippen LogP contribution is -2.29. The number of methoxy groups -OCH3 is 1. The van der Waals surface area contributed by atoms with Gasteiger partial charge in [-0.1, -0.05) is 11.6 Å². The lowest BCUT2D eigenvalue weighted by molar-refractivity contribution is 0.0764. The number of amides is 1. The van der Waals surface area contributed by atoms with E-state index in [0.29, 0.717) is 35.8 Å². The van der Waals surface area contributed by atoms with Crippen LogP contribution in [0.4, 0.5) is 0 Å². The molecule has 0 bridgehead atoms. The smallest absolute Gasteiger partial charge is 0.254 e. The molecular formula is C17H20ClN3O3. The van der Waals surface area contributed by atoms with E-state index in [2.05, 4.69) is 10.2 Å². The number of aliphatic hydroxyl groups is 1. The third-order valence-electron chi connectivity index (χ3n) is 4.32. The summed E-state index contributed by atoms with van der Waals surface area (Å²) in [5.41, 5.74) is 2.38. The van der Waals surface area contributed by atoms with Crippen molar-refractivity contribution in [1.82, 2.24) is 15.1 Å². The maximum atomic E-state index is 12.6. The zero-order valence-corrected chi connectivity index (χ0v) is 14.4. The highest BCUT2D eigenvalue weighted by atomic mass is 35.5. The molecule has 0 spiro atoms. The Morgan fingerprint density at radius 2 is 2.25 bits per heavy atom. The first-order valence-corrected chi connectivity index (χ1v) is 8.17. The standard InChI is InChI=1S/C17H20ClN3O3/c1-10-5-13(20-19-10)6-12-8-21(9-15(12)22)17(23)11-3-4-16(24-2)14(18)7-11/h3-5,7,12,15,22H,6,8-9H2,1-2H3,(H,19,20)/t12-,15-/m1/s1. The van der Waals surface area contributed by atoms with E-state index < -0.39 is 6.10 Å². The molecule has 0 aliphatic carbocycles. The second-order valence-electron chi connectivity index (χ2n) is 6.13. The maximum absolute atomic E-state index is 12.6. The Labute approximate surface area is 145 Å². The number of rotatable bonds is 4. The quantitative estimate of drug-likeness (QED) is 0.885. The average molecular weight is 350 g/mol. The van der Waals surface area contributed by atoms with Gasteiger partial charge in [-0.25, -0.2) is 0 Å². The van der Waals surface area contributed by atoms with E-state index in [-0.39, 0.29) is 11.8 Å². The van der Waals surface area contributed by atoms with Crippen LogP contribution in [-0.4, -0.2) is 52.4 Å². The molecule has 2 heterocycles. The molecule has 2 atom stereocenters. The summed E-state index contributed by atoms with van der Waals surface area (Å²) in [5.74, 6) is 0.367. The lowest BCUT2D eigenvalue weighted by atomic mass is 10.0. The van der Waals surface area contributed by atoms with Crippen LogP contribution in [0.5, 0.6) is 5.75 Å². The topological polar surface area (TPSA) is 78.5 Å². The molecule has 1 saturated heterocycles. The van der Waals surface area contributed by atoms with Crippen molar-refractivity contribution in [2.75, 3.05) is 20.2 Å². The van der Waals surface area contributed by atoms with Crippen molar-refractivity contribution in [3.63, 3.8) is 0 Å².